The Morgan fingerprint density at radius 3 is 3.15 bits per heavy atom. The van der Waals surface area contributed by atoms with Crippen LogP contribution in [0, 0.1) is 0 Å². The Morgan fingerprint density at radius 2 is 2.38 bits per heavy atom. The average molecular weight is 179 g/mol. The molecule has 1 aliphatic heterocycles. The quantitative estimate of drug-likeness (QED) is 0.696. The van der Waals surface area contributed by atoms with Crippen molar-refractivity contribution >= 4 is 11.6 Å². The number of hydrogen-bond acceptors (Lipinski definition) is 4. The van der Waals surface area contributed by atoms with E-state index >= 15 is 0 Å². The van der Waals surface area contributed by atoms with Crippen LogP contribution in [0.1, 0.15) is 0 Å². The van der Waals surface area contributed by atoms with Crippen molar-refractivity contribution in [3.05, 3.63) is 12.1 Å². The van der Waals surface area contributed by atoms with E-state index < -0.39 is 0 Å². The molecule has 0 unspecified atom stereocenters. The van der Waals surface area contributed by atoms with Gasteiger partial charge in [-0.2, -0.15) is 0 Å². The van der Waals surface area contributed by atoms with Crippen LogP contribution in [0.15, 0.2) is 12.1 Å². The highest BCUT2D eigenvalue weighted by atomic mass is 16.5. The van der Waals surface area contributed by atoms with E-state index in [-0.39, 0.29) is 0 Å². The molecule has 0 saturated heterocycles. The average Bonchev–Trinajstić information content (AvgIpc) is 2.18. The normalized spacial score (nSPS) is 14.8. The molecular weight excluding hydrogens is 166 g/mol. The third-order valence-electron chi connectivity index (χ3n) is 2.14. The van der Waals surface area contributed by atoms with Gasteiger partial charge in [0, 0.05) is 14.1 Å². The molecule has 0 saturated carbocycles. The maximum absolute atomic E-state index is 5.46. The van der Waals surface area contributed by atoms with Crippen LogP contribution in [0.2, 0.25) is 0 Å². The maximum atomic E-state index is 5.46. The lowest BCUT2D eigenvalue weighted by Crippen LogP contribution is -2.29. The summed E-state index contributed by atoms with van der Waals surface area (Å²) in [5.41, 5.74) is 0. The SMILES string of the molecule is CNc1ccc2c(n1)N(C)CCO2. The largest absolute Gasteiger partial charge is 0.488 e. The van der Waals surface area contributed by atoms with Gasteiger partial charge in [-0.25, -0.2) is 4.98 Å². The molecule has 1 aliphatic rings. The molecule has 4 nitrogen and oxygen atoms in total. The summed E-state index contributed by atoms with van der Waals surface area (Å²) < 4.78 is 5.46. The number of anilines is 2. The minimum absolute atomic E-state index is 0.740. The van der Waals surface area contributed by atoms with Gasteiger partial charge < -0.3 is 15.0 Å². The summed E-state index contributed by atoms with van der Waals surface area (Å²) in [5, 5.41) is 3.00. The smallest absolute Gasteiger partial charge is 0.173 e. The number of likely N-dealkylation sites (N-methyl/N-ethyl adjacent to an activating group) is 1. The van der Waals surface area contributed by atoms with Gasteiger partial charge in [0.25, 0.3) is 0 Å². The standard InChI is InChI=1S/C9H13N3O/c1-10-8-4-3-7-9(11-8)12(2)5-6-13-7/h3-4H,5-6H2,1-2H3,(H,10,11). The van der Waals surface area contributed by atoms with Crippen LogP contribution in [0.4, 0.5) is 11.6 Å². The number of ether oxygens (including phenoxy) is 1. The molecule has 0 fully saturated rings. The highest BCUT2D eigenvalue weighted by Crippen LogP contribution is 2.29. The predicted molar refractivity (Wildman–Crippen MR) is 52.5 cm³/mol. The van der Waals surface area contributed by atoms with Gasteiger partial charge >= 0.3 is 0 Å². The van der Waals surface area contributed by atoms with E-state index in [1.165, 1.54) is 0 Å². The van der Waals surface area contributed by atoms with E-state index in [0.29, 0.717) is 0 Å². The molecule has 0 bridgehead atoms. The third kappa shape index (κ3) is 1.39. The summed E-state index contributed by atoms with van der Waals surface area (Å²) in [5.74, 6) is 2.65. The number of pyridine rings is 1. The Bertz CT molecular complexity index is 314. The van der Waals surface area contributed by atoms with Crippen LogP contribution >= 0.6 is 0 Å². The molecule has 0 radical (unpaired) electrons. The minimum Gasteiger partial charge on any atom is -0.488 e. The van der Waals surface area contributed by atoms with Gasteiger partial charge in [-0.3, -0.25) is 0 Å². The molecule has 0 spiro atoms. The lowest BCUT2D eigenvalue weighted by atomic mass is 10.3. The molecule has 0 aliphatic carbocycles. The van der Waals surface area contributed by atoms with E-state index in [0.717, 1.165) is 30.5 Å². The zero-order chi connectivity index (χ0) is 9.26. The number of nitrogens with zero attached hydrogens (tertiary/aromatic N) is 2. The van der Waals surface area contributed by atoms with Crippen molar-refractivity contribution in [1.29, 1.82) is 0 Å². The van der Waals surface area contributed by atoms with Crippen LogP contribution in [0.3, 0.4) is 0 Å². The van der Waals surface area contributed by atoms with Gasteiger partial charge in [-0.15, -0.1) is 0 Å². The molecule has 1 aromatic heterocycles. The summed E-state index contributed by atoms with van der Waals surface area (Å²) in [4.78, 5) is 6.50. The fraction of sp³-hybridized carbons (Fsp3) is 0.444. The van der Waals surface area contributed by atoms with Crippen LogP contribution in [-0.4, -0.2) is 32.2 Å². The van der Waals surface area contributed by atoms with Gasteiger partial charge in [0.2, 0.25) is 0 Å². The lowest BCUT2D eigenvalue weighted by molar-refractivity contribution is 0.309. The van der Waals surface area contributed by atoms with Gasteiger partial charge in [0.15, 0.2) is 11.6 Å². The predicted octanol–water partition coefficient (Wildman–Crippen LogP) is 0.952. The molecule has 4 heteroatoms. The van der Waals surface area contributed by atoms with E-state index in [9.17, 15) is 0 Å². The number of fused-ring (bicyclic) bond motifs is 1. The van der Waals surface area contributed by atoms with E-state index in [2.05, 4.69) is 15.2 Å². The Hall–Kier alpha value is -1.45. The van der Waals surface area contributed by atoms with Crippen LogP contribution in [0.25, 0.3) is 0 Å². The van der Waals surface area contributed by atoms with Crippen molar-refractivity contribution in [1.82, 2.24) is 4.98 Å². The fourth-order valence-electron chi connectivity index (χ4n) is 1.36. The molecular formula is C9H13N3O. The molecule has 0 amide bonds. The molecule has 2 rings (SSSR count). The Labute approximate surface area is 77.5 Å². The number of aromatic nitrogens is 1. The van der Waals surface area contributed by atoms with Crippen molar-refractivity contribution in [2.45, 2.75) is 0 Å². The summed E-state index contributed by atoms with van der Waals surface area (Å²) in [6, 6.07) is 3.86. The molecule has 0 aromatic carbocycles. The topological polar surface area (TPSA) is 37.4 Å². The van der Waals surface area contributed by atoms with Crippen LogP contribution in [-0.2, 0) is 0 Å². The molecule has 70 valence electrons. The molecule has 13 heavy (non-hydrogen) atoms. The van der Waals surface area contributed by atoms with Gasteiger partial charge in [-0.1, -0.05) is 0 Å². The molecule has 2 heterocycles. The number of rotatable bonds is 1. The lowest BCUT2D eigenvalue weighted by Gasteiger charge is -2.26. The minimum atomic E-state index is 0.740. The van der Waals surface area contributed by atoms with Crippen LogP contribution < -0.4 is 15.0 Å². The Morgan fingerprint density at radius 1 is 1.54 bits per heavy atom. The molecule has 1 aromatic rings. The number of hydrogen-bond donors (Lipinski definition) is 1. The second kappa shape index (κ2) is 3.12. The fourth-order valence-corrected chi connectivity index (χ4v) is 1.36. The first-order chi connectivity index (χ1) is 6.31. The van der Waals surface area contributed by atoms with Crippen molar-refractivity contribution in [3.63, 3.8) is 0 Å². The highest BCUT2D eigenvalue weighted by Gasteiger charge is 2.15. The highest BCUT2D eigenvalue weighted by molar-refractivity contribution is 5.58. The zero-order valence-corrected chi connectivity index (χ0v) is 7.87. The van der Waals surface area contributed by atoms with Gasteiger partial charge in [0.1, 0.15) is 12.4 Å². The molecule has 1 N–H and O–H groups in total. The summed E-state index contributed by atoms with van der Waals surface area (Å²) >= 11 is 0. The second-order valence-electron chi connectivity index (χ2n) is 3.04. The third-order valence-corrected chi connectivity index (χ3v) is 2.14. The number of nitrogens with one attached hydrogen (secondary N) is 1. The van der Waals surface area contributed by atoms with Crippen molar-refractivity contribution in [3.8, 4) is 5.75 Å². The summed E-state index contributed by atoms with van der Waals surface area (Å²) in [7, 11) is 3.88. The zero-order valence-electron chi connectivity index (χ0n) is 7.87. The first-order valence-corrected chi connectivity index (χ1v) is 4.34. The first kappa shape index (κ1) is 8.16. The monoisotopic (exact) mass is 179 g/mol. The van der Waals surface area contributed by atoms with E-state index in [1.807, 2.05) is 26.2 Å². The Kier molecular flexibility index (Phi) is 1.96. The summed E-state index contributed by atoms with van der Waals surface area (Å²) in [6.07, 6.45) is 0. The van der Waals surface area contributed by atoms with Crippen molar-refractivity contribution < 1.29 is 4.74 Å². The van der Waals surface area contributed by atoms with Gasteiger partial charge in [-0.05, 0) is 12.1 Å². The summed E-state index contributed by atoms with van der Waals surface area (Å²) in [6.45, 7) is 1.64. The van der Waals surface area contributed by atoms with Crippen LogP contribution in [0.5, 0.6) is 5.75 Å². The maximum Gasteiger partial charge on any atom is 0.173 e. The first-order valence-electron chi connectivity index (χ1n) is 4.34. The van der Waals surface area contributed by atoms with E-state index in [1.54, 1.807) is 0 Å². The van der Waals surface area contributed by atoms with Crippen molar-refractivity contribution in [2.24, 2.45) is 0 Å². The van der Waals surface area contributed by atoms with Crippen molar-refractivity contribution in [2.75, 3.05) is 37.5 Å². The second-order valence-corrected chi connectivity index (χ2v) is 3.04. The van der Waals surface area contributed by atoms with Gasteiger partial charge in [0.05, 0.1) is 6.54 Å². The Balaban J connectivity index is 2.41. The molecule has 0 atom stereocenters. The van der Waals surface area contributed by atoms with E-state index in [4.69, 9.17) is 4.74 Å².